The Morgan fingerprint density at radius 3 is 2.93 bits per heavy atom. The SMILES string of the molecule is COC(=O)c1cc(Br)nn1CC(F)F. The summed E-state index contributed by atoms with van der Waals surface area (Å²) in [5, 5.41) is 3.67. The van der Waals surface area contributed by atoms with E-state index in [1.165, 1.54) is 13.2 Å². The third-order valence-electron chi connectivity index (χ3n) is 1.46. The fourth-order valence-electron chi connectivity index (χ4n) is 0.924. The van der Waals surface area contributed by atoms with Crippen LogP contribution < -0.4 is 0 Å². The Kier molecular flexibility index (Phi) is 3.56. The highest BCUT2D eigenvalue weighted by Crippen LogP contribution is 2.13. The minimum atomic E-state index is -2.56. The zero-order valence-electron chi connectivity index (χ0n) is 7.21. The van der Waals surface area contributed by atoms with Crippen LogP contribution >= 0.6 is 15.9 Å². The highest BCUT2D eigenvalue weighted by Gasteiger charge is 2.17. The average molecular weight is 269 g/mol. The van der Waals surface area contributed by atoms with Crippen molar-refractivity contribution in [2.75, 3.05) is 7.11 Å². The van der Waals surface area contributed by atoms with E-state index in [2.05, 4.69) is 25.8 Å². The Morgan fingerprint density at radius 1 is 1.79 bits per heavy atom. The zero-order valence-corrected chi connectivity index (χ0v) is 8.79. The largest absolute Gasteiger partial charge is 0.464 e. The summed E-state index contributed by atoms with van der Waals surface area (Å²) in [6.07, 6.45) is -2.56. The quantitative estimate of drug-likeness (QED) is 0.784. The number of alkyl halides is 2. The van der Waals surface area contributed by atoms with Crippen LogP contribution in [-0.4, -0.2) is 29.3 Å². The molecule has 1 aromatic rings. The van der Waals surface area contributed by atoms with Gasteiger partial charge in [-0.3, -0.25) is 4.68 Å². The predicted molar refractivity (Wildman–Crippen MR) is 47.3 cm³/mol. The third-order valence-corrected chi connectivity index (χ3v) is 1.84. The van der Waals surface area contributed by atoms with Crippen LogP contribution in [0.3, 0.4) is 0 Å². The number of aromatic nitrogens is 2. The van der Waals surface area contributed by atoms with E-state index in [0.717, 1.165) is 4.68 Å². The van der Waals surface area contributed by atoms with Gasteiger partial charge in [-0.25, -0.2) is 13.6 Å². The predicted octanol–water partition coefficient (Wildman–Crippen LogP) is 1.70. The Bertz CT molecular complexity index is 340. The lowest BCUT2D eigenvalue weighted by atomic mass is 10.4. The molecule has 1 aromatic heterocycles. The number of rotatable bonds is 3. The molecule has 0 unspecified atom stereocenters. The average Bonchev–Trinajstić information content (AvgIpc) is 2.44. The van der Waals surface area contributed by atoms with E-state index in [0.29, 0.717) is 4.60 Å². The molecule has 0 amide bonds. The van der Waals surface area contributed by atoms with Gasteiger partial charge in [0, 0.05) is 6.07 Å². The molecular formula is C7H7BrF2N2O2. The maximum atomic E-state index is 12.0. The van der Waals surface area contributed by atoms with E-state index >= 15 is 0 Å². The van der Waals surface area contributed by atoms with Crippen molar-refractivity contribution in [1.29, 1.82) is 0 Å². The van der Waals surface area contributed by atoms with Gasteiger partial charge >= 0.3 is 5.97 Å². The number of hydrogen-bond donors (Lipinski definition) is 0. The molecule has 0 aliphatic carbocycles. The smallest absolute Gasteiger partial charge is 0.356 e. The third kappa shape index (κ3) is 2.50. The monoisotopic (exact) mass is 268 g/mol. The first-order valence-electron chi connectivity index (χ1n) is 3.64. The van der Waals surface area contributed by atoms with Crippen LogP contribution in [0, 0.1) is 0 Å². The highest BCUT2D eigenvalue weighted by molar-refractivity contribution is 9.10. The highest BCUT2D eigenvalue weighted by atomic mass is 79.9. The molecule has 0 bridgehead atoms. The first-order chi connectivity index (χ1) is 6.54. The molecule has 0 spiro atoms. The second kappa shape index (κ2) is 4.50. The fraction of sp³-hybridized carbons (Fsp3) is 0.429. The number of esters is 1. The minimum Gasteiger partial charge on any atom is -0.464 e. The topological polar surface area (TPSA) is 44.1 Å². The normalized spacial score (nSPS) is 10.6. The summed E-state index contributed by atoms with van der Waals surface area (Å²) in [6, 6.07) is 1.33. The van der Waals surface area contributed by atoms with E-state index in [1.807, 2.05) is 0 Å². The second-order valence-electron chi connectivity index (χ2n) is 2.42. The molecule has 0 aliphatic rings. The first kappa shape index (κ1) is 11.1. The van der Waals surface area contributed by atoms with Crippen molar-refractivity contribution in [2.24, 2.45) is 0 Å². The van der Waals surface area contributed by atoms with Crippen molar-refractivity contribution in [1.82, 2.24) is 9.78 Å². The van der Waals surface area contributed by atoms with Gasteiger partial charge in [0.05, 0.1) is 7.11 Å². The zero-order chi connectivity index (χ0) is 10.7. The summed E-state index contributed by atoms with van der Waals surface area (Å²) in [7, 11) is 1.18. The van der Waals surface area contributed by atoms with Gasteiger partial charge in [0.1, 0.15) is 16.8 Å². The molecule has 14 heavy (non-hydrogen) atoms. The molecule has 7 heteroatoms. The molecule has 1 heterocycles. The van der Waals surface area contributed by atoms with E-state index in [9.17, 15) is 13.6 Å². The standard InChI is InChI=1S/C7H7BrF2N2O2/c1-14-7(13)4-2-5(8)11-12(4)3-6(9)10/h2,6H,3H2,1H3. The summed E-state index contributed by atoms with van der Waals surface area (Å²) in [5.74, 6) is -0.691. The first-order valence-corrected chi connectivity index (χ1v) is 4.43. The van der Waals surface area contributed by atoms with Crippen molar-refractivity contribution in [2.45, 2.75) is 13.0 Å². The van der Waals surface area contributed by atoms with Crippen molar-refractivity contribution < 1.29 is 18.3 Å². The van der Waals surface area contributed by atoms with Crippen molar-refractivity contribution in [3.63, 3.8) is 0 Å². The molecule has 0 radical (unpaired) electrons. The molecule has 0 atom stereocenters. The van der Waals surface area contributed by atoms with Crippen LogP contribution in [0.2, 0.25) is 0 Å². The van der Waals surface area contributed by atoms with Gasteiger partial charge in [0.25, 0.3) is 6.43 Å². The lowest BCUT2D eigenvalue weighted by Crippen LogP contribution is -2.15. The Balaban J connectivity index is 2.96. The van der Waals surface area contributed by atoms with Gasteiger partial charge in [-0.1, -0.05) is 0 Å². The van der Waals surface area contributed by atoms with Crippen molar-refractivity contribution in [3.8, 4) is 0 Å². The van der Waals surface area contributed by atoms with Crippen LogP contribution in [0.5, 0.6) is 0 Å². The van der Waals surface area contributed by atoms with E-state index in [4.69, 9.17) is 0 Å². The Hall–Kier alpha value is -0.980. The summed E-state index contributed by atoms with van der Waals surface area (Å²) in [5.41, 5.74) is -0.000301. The van der Waals surface area contributed by atoms with E-state index in [-0.39, 0.29) is 5.69 Å². The Labute approximate surface area is 87.0 Å². The number of nitrogens with zero attached hydrogens (tertiary/aromatic N) is 2. The number of ether oxygens (including phenoxy) is 1. The molecule has 78 valence electrons. The van der Waals surface area contributed by atoms with Gasteiger partial charge in [-0.2, -0.15) is 5.10 Å². The van der Waals surface area contributed by atoms with Gasteiger partial charge in [-0.05, 0) is 15.9 Å². The number of hydrogen-bond acceptors (Lipinski definition) is 3. The number of halogens is 3. The summed E-state index contributed by atoms with van der Waals surface area (Å²) < 4.78 is 29.7. The molecule has 4 nitrogen and oxygen atoms in total. The molecule has 0 saturated carbocycles. The maximum Gasteiger partial charge on any atom is 0.356 e. The molecule has 1 rings (SSSR count). The maximum absolute atomic E-state index is 12.0. The molecular weight excluding hydrogens is 262 g/mol. The number of methoxy groups -OCH3 is 1. The van der Waals surface area contributed by atoms with Crippen molar-refractivity contribution >= 4 is 21.9 Å². The van der Waals surface area contributed by atoms with Crippen LogP contribution in [0.1, 0.15) is 10.5 Å². The molecule has 0 saturated heterocycles. The van der Waals surface area contributed by atoms with Gasteiger partial charge < -0.3 is 4.74 Å². The van der Waals surface area contributed by atoms with Crippen LogP contribution in [0.4, 0.5) is 8.78 Å². The van der Waals surface area contributed by atoms with E-state index < -0.39 is 18.9 Å². The van der Waals surface area contributed by atoms with Gasteiger partial charge in [0.15, 0.2) is 0 Å². The second-order valence-corrected chi connectivity index (χ2v) is 3.23. The number of carbonyl (C=O) groups is 1. The van der Waals surface area contributed by atoms with Crippen LogP contribution in [0.15, 0.2) is 10.7 Å². The lowest BCUT2D eigenvalue weighted by molar-refractivity contribution is 0.0576. The van der Waals surface area contributed by atoms with Crippen molar-refractivity contribution in [3.05, 3.63) is 16.4 Å². The van der Waals surface area contributed by atoms with Gasteiger partial charge in [0.2, 0.25) is 0 Å². The van der Waals surface area contributed by atoms with Crippen LogP contribution in [0.25, 0.3) is 0 Å². The minimum absolute atomic E-state index is 0.000301. The summed E-state index contributed by atoms with van der Waals surface area (Å²) in [4.78, 5) is 11.1. The Morgan fingerprint density at radius 2 is 2.43 bits per heavy atom. The van der Waals surface area contributed by atoms with E-state index in [1.54, 1.807) is 0 Å². The number of carbonyl (C=O) groups excluding carboxylic acids is 1. The van der Waals surface area contributed by atoms with Crippen LogP contribution in [-0.2, 0) is 11.3 Å². The summed E-state index contributed by atoms with van der Waals surface area (Å²) in [6.45, 7) is -0.629. The molecule has 0 fully saturated rings. The molecule has 0 N–H and O–H groups in total. The molecule has 0 aliphatic heterocycles. The fourth-order valence-corrected chi connectivity index (χ4v) is 1.33. The summed E-state index contributed by atoms with van der Waals surface area (Å²) >= 11 is 2.99. The lowest BCUT2D eigenvalue weighted by Gasteiger charge is -2.03. The van der Waals surface area contributed by atoms with Gasteiger partial charge in [-0.15, -0.1) is 0 Å². The molecule has 0 aromatic carbocycles.